The van der Waals surface area contributed by atoms with Crippen LogP contribution in [0.4, 0.5) is 5.69 Å². The first-order valence-corrected chi connectivity index (χ1v) is 11.6. The normalized spacial score (nSPS) is 13.8. The van der Waals surface area contributed by atoms with Gasteiger partial charge in [-0.15, -0.1) is 0 Å². The second kappa shape index (κ2) is 9.49. The van der Waals surface area contributed by atoms with Gasteiger partial charge in [0.2, 0.25) is 9.84 Å². The number of benzene rings is 2. The molecule has 0 fully saturated rings. The summed E-state index contributed by atoms with van der Waals surface area (Å²) in [6.07, 6.45) is 0. The van der Waals surface area contributed by atoms with Crippen molar-refractivity contribution in [3.8, 4) is 6.07 Å². The fourth-order valence-electron chi connectivity index (χ4n) is 2.34. The molecule has 0 spiro atoms. The molecule has 0 heterocycles. The number of sulfone groups is 1. The third kappa shape index (κ3) is 6.05. The lowest BCUT2D eigenvalue weighted by Crippen LogP contribution is -2.40. The number of hydrogen-bond acceptors (Lipinski definition) is 5. The van der Waals surface area contributed by atoms with Crippen LogP contribution in [-0.4, -0.2) is 14.5 Å². The number of nitrogens with one attached hydrogen (secondary N) is 2. The number of hydrogen-bond donors (Lipinski definition) is 2. The number of anilines is 1. The van der Waals surface area contributed by atoms with E-state index in [4.69, 9.17) is 34.8 Å². The zero-order chi connectivity index (χ0) is 22.7. The van der Waals surface area contributed by atoms with E-state index in [1.54, 1.807) is 18.2 Å². The van der Waals surface area contributed by atoms with Crippen molar-refractivity contribution in [1.29, 1.82) is 5.26 Å². The van der Waals surface area contributed by atoms with Crippen molar-refractivity contribution in [2.75, 3.05) is 5.32 Å². The largest absolute Gasteiger partial charge is 0.367 e. The lowest BCUT2D eigenvalue weighted by Gasteiger charge is -2.30. The van der Waals surface area contributed by atoms with Gasteiger partial charge >= 0.3 is 0 Å². The molecular formula is C21H22Cl3N3O2S. The Bertz CT molecular complexity index is 1080. The molecular weight excluding hydrogens is 465 g/mol. The molecule has 9 heteroatoms. The lowest BCUT2D eigenvalue weighted by molar-refractivity contribution is 0.303. The molecule has 2 N–H and O–H groups in total. The molecule has 0 bridgehead atoms. The SMILES string of the molecule is CC(NC(Nc1cc(Cl)cc(Cl)c1)=C(C#N)S(=O)(=O)c1ccc(Cl)cc1)C(C)(C)C. The zero-order valence-corrected chi connectivity index (χ0v) is 20.0. The summed E-state index contributed by atoms with van der Waals surface area (Å²) in [7, 11) is -4.13. The van der Waals surface area contributed by atoms with Gasteiger partial charge < -0.3 is 10.6 Å². The molecule has 0 saturated heterocycles. The van der Waals surface area contributed by atoms with Crippen LogP contribution in [-0.2, 0) is 9.84 Å². The van der Waals surface area contributed by atoms with E-state index >= 15 is 0 Å². The zero-order valence-electron chi connectivity index (χ0n) is 16.9. The first kappa shape index (κ1) is 24.4. The standard InChI is InChI=1S/C21H22Cl3N3O2S/c1-13(21(2,3)4)26-20(27-17-10-15(23)9-16(24)11-17)19(12-25)30(28,29)18-7-5-14(22)6-8-18/h5-11,13,26-27H,1-4H3. The molecule has 2 rings (SSSR count). The summed E-state index contributed by atoms with van der Waals surface area (Å²) in [5, 5.41) is 17.0. The highest BCUT2D eigenvalue weighted by Crippen LogP contribution is 2.28. The summed E-state index contributed by atoms with van der Waals surface area (Å²) in [5.74, 6) is 0.0354. The van der Waals surface area contributed by atoms with Gasteiger partial charge in [0.25, 0.3) is 0 Å². The van der Waals surface area contributed by atoms with E-state index in [-0.39, 0.29) is 22.2 Å². The number of nitriles is 1. The van der Waals surface area contributed by atoms with Gasteiger partial charge in [-0.1, -0.05) is 55.6 Å². The summed E-state index contributed by atoms with van der Waals surface area (Å²) in [6.45, 7) is 7.89. The highest BCUT2D eigenvalue weighted by molar-refractivity contribution is 7.95. The Morgan fingerprint density at radius 1 is 1.00 bits per heavy atom. The van der Waals surface area contributed by atoms with Gasteiger partial charge in [-0.05, 0) is 54.8 Å². The van der Waals surface area contributed by atoms with Crippen LogP contribution >= 0.6 is 34.8 Å². The maximum Gasteiger partial charge on any atom is 0.220 e. The number of rotatable bonds is 6. The van der Waals surface area contributed by atoms with Crippen LogP contribution < -0.4 is 10.6 Å². The second-order valence-electron chi connectivity index (χ2n) is 7.79. The van der Waals surface area contributed by atoms with Crippen LogP contribution in [0.2, 0.25) is 15.1 Å². The lowest BCUT2D eigenvalue weighted by atomic mass is 9.88. The molecule has 0 aromatic heterocycles. The van der Waals surface area contributed by atoms with Crippen molar-refractivity contribution in [3.05, 3.63) is 68.3 Å². The third-order valence-corrected chi connectivity index (χ3v) is 6.93. The quantitative estimate of drug-likeness (QED) is 0.472. The van der Waals surface area contributed by atoms with E-state index in [1.165, 1.54) is 24.3 Å². The summed E-state index contributed by atoms with van der Waals surface area (Å²) < 4.78 is 26.4. The van der Waals surface area contributed by atoms with Crippen LogP contribution in [0.25, 0.3) is 0 Å². The molecule has 30 heavy (non-hydrogen) atoms. The molecule has 160 valence electrons. The van der Waals surface area contributed by atoms with Crippen molar-refractivity contribution in [2.45, 2.75) is 38.6 Å². The average molecular weight is 487 g/mol. The molecule has 0 saturated carbocycles. The van der Waals surface area contributed by atoms with Gasteiger partial charge in [0, 0.05) is 26.8 Å². The molecule has 0 aliphatic carbocycles. The van der Waals surface area contributed by atoms with E-state index < -0.39 is 14.7 Å². The maximum atomic E-state index is 13.2. The molecule has 0 radical (unpaired) electrons. The van der Waals surface area contributed by atoms with Gasteiger partial charge in [-0.2, -0.15) is 5.26 Å². The summed E-state index contributed by atoms with van der Waals surface area (Å²) >= 11 is 18.0. The Kier molecular flexibility index (Phi) is 7.70. The Morgan fingerprint density at radius 2 is 1.53 bits per heavy atom. The number of halogens is 3. The van der Waals surface area contributed by atoms with Crippen molar-refractivity contribution in [1.82, 2.24) is 5.32 Å². The first-order valence-electron chi connectivity index (χ1n) is 8.99. The van der Waals surface area contributed by atoms with Crippen LogP contribution in [0.5, 0.6) is 0 Å². The van der Waals surface area contributed by atoms with Gasteiger partial charge in [-0.3, -0.25) is 0 Å². The molecule has 2 aromatic carbocycles. The first-order chi connectivity index (χ1) is 13.8. The Morgan fingerprint density at radius 3 is 2.00 bits per heavy atom. The Balaban J connectivity index is 2.64. The van der Waals surface area contributed by atoms with E-state index in [0.29, 0.717) is 20.8 Å². The predicted molar refractivity (Wildman–Crippen MR) is 123 cm³/mol. The maximum absolute atomic E-state index is 13.2. The van der Waals surface area contributed by atoms with E-state index in [0.717, 1.165) is 0 Å². The van der Waals surface area contributed by atoms with Crippen LogP contribution in [0, 0.1) is 16.7 Å². The van der Waals surface area contributed by atoms with Crippen molar-refractivity contribution < 1.29 is 8.42 Å². The second-order valence-corrected chi connectivity index (χ2v) is 11.0. The van der Waals surface area contributed by atoms with Crippen LogP contribution in [0.1, 0.15) is 27.7 Å². The third-order valence-electron chi connectivity index (χ3n) is 4.51. The monoisotopic (exact) mass is 485 g/mol. The minimum Gasteiger partial charge on any atom is -0.367 e. The highest BCUT2D eigenvalue weighted by Gasteiger charge is 2.28. The van der Waals surface area contributed by atoms with Crippen molar-refractivity contribution in [3.63, 3.8) is 0 Å². The van der Waals surface area contributed by atoms with Gasteiger partial charge in [-0.25, -0.2) is 8.42 Å². The van der Waals surface area contributed by atoms with Gasteiger partial charge in [0.05, 0.1) is 4.90 Å². The average Bonchev–Trinajstić information content (AvgIpc) is 2.60. The van der Waals surface area contributed by atoms with Crippen molar-refractivity contribution in [2.24, 2.45) is 5.41 Å². The fraction of sp³-hybridized carbons (Fsp3) is 0.286. The molecule has 5 nitrogen and oxygen atoms in total. The summed E-state index contributed by atoms with van der Waals surface area (Å²) in [4.78, 5) is -0.505. The number of nitrogens with zero attached hydrogens (tertiary/aromatic N) is 1. The molecule has 0 aliphatic rings. The summed E-state index contributed by atoms with van der Waals surface area (Å²) in [6, 6.07) is 12.0. The van der Waals surface area contributed by atoms with Crippen LogP contribution in [0.15, 0.2) is 58.1 Å². The van der Waals surface area contributed by atoms with E-state index in [1.807, 2.05) is 33.8 Å². The minimum absolute atomic E-state index is 0.0354. The highest BCUT2D eigenvalue weighted by atomic mass is 35.5. The Hall–Kier alpha value is -1.91. The van der Waals surface area contributed by atoms with Gasteiger partial charge in [0.15, 0.2) is 4.91 Å². The molecule has 2 aromatic rings. The van der Waals surface area contributed by atoms with Gasteiger partial charge in [0.1, 0.15) is 11.9 Å². The minimum atomic E-state index is -4.13. The molecule has 0 aliphatic heterocycles. The molecule has 0 amide bonds. The molecule has 1 atom stereocenters. The molecule has 1 unspecified atom stereocenters. The Labute approximate surface area is 192 Å². The smallest absolute Gasteiger partial charge is 0.220 e. The van der Waals surface area contributed by atoms with E-state index in [9.17, 15) is 13.7 Å². The predicted octanol–water partition coefficient (Wildman–Crippen LogP) is 6.25. The topological polar surface area (TPSA) is 82.0 Å². The van der Waals surface area contributed by atoms with Crippen LogP contribution in [0.3, 0.4) is 0 Å². The number of allylic oxidation sites excluding steroid dienone is 1. The fourth-order valence-corrected chi connectivity index (χ4v) is 4.22. The van der Waals surface area contributed by atoms with E-state index in [2.05, 4.69) is 10.6 Å². The summed E-state index contributed by atoms with van der Waals surface area (Å²) in [5.41, 5.74) is 0.221. The van der Waals surface area contributed by atoms with Crippen molar-refractivity contribution >= 4 is 50.3 Å².